The molecule has 7 heteroatoms. The Morgan fingerprint density at radius 1 is 1.03 bits per heavy atom. The Morgan fingerprint density at radius 2 is 1.74 bits per heavy atom. The van der Waals surface area contributed by atoms with E-state index in [0.717, 1.165) is 28.1 Å². The fourth-order valence-electron chi connectivity index (χ4n) is 3.72. The van der Waals surface area contributed by atoms with E-state index in [2.05, 4.69) is 15.3 Å². The summed E-state index contributed by atoms with van der Waals surface area (Å²) in [4.78, 5) is 19.6. The predicted molar refractivity (Wildman–Crippen MR) is 113 cm³/mol. The van der Waals surface area contributed by atoms with Crippen LogP contribution in [0.1, 0.15) is 38.8 Å². The maximum Gasteiger partial charge on any atom is 0.433 e. The Kier molecular flexibility index (Phi) is 5.50. The summed E-state index contributed by atoms with van der Waals surface area (Å²) in [5.74, 6) is -0.594. The maximum atomic E-state index is 12.9. The van der Waals surface area contributed by atoms with Gasteiger partial charge < -0.3 is 10.3 Å². The molecule has 0 aliphatic carbocycles. The highest BCUT2D eigenvalue weighted by molar-refractivity contribution is 5.95. The van der Waals surface area contributed by atoms with E-state index in [9.17, 15) is 18.0 Å². The minimum absolute atomic E-state index is 0.0377. The molecule has 2 heterocycles. The SMILES string of the molecule is Cc1nc(C(F)(F)F)ccc1C(=O)NCC(c1ccccc1)c1c[nH]c2ccccc12. The Hall–Kier alpha value is -3.61. The molecule has 0 aliphatic rings. The fourth-order valence-corrected chi connectivity index (χ4v) is 3.72. The van der Waals surface area contributed by atoms with E-state index in [1.54, 1.807) is 0 Å². The van der Waals surface area contributed by atoms with Crippen LogP contribution in [-0.2, 0) is 6.18 Å². The lowest BCUT2D eigenvalue weighted by Crippen LogP contribution is -2.29. The zero-order valence-electron chi connectivity index (χ0n) is 16.7. The molecular weight excluding hydrogens is 403 g/mol. The standard InChI is InChI=1S/C24H20F3N3O/c1-15-17(11-12-22(30-15)24(25,26)27)23(31)29-13-19(16-7-3-2-4-8-16)20-14-28-21-10-6-5-9-18(20)21/h2-12,14,19,28H,13H2,1H3,(H,29,31). The molecule has 1 unspecified atom stereocenters. The Bertz CT molecular complexity index is 1220. The van der Waals surface area contributed by atoms with Gasteiger partial charge in [-0.25, -0.2) is 4.98 Å². The smallest absolute Gasteiger partial charge is 0.361 e. The number of hydrogen-bond donors (Lipinski definition) is 2. The van der Waals surface area contributed by atoms with Gasteiger partial charge >= 0.3 is 6.18 Å². The third kappa shape index (κ3) is 4.30. The number of pyridine rings is 1. The van der Waals surface area contributed by atoms with Crippen molar-refractivity contribution in [3.8, 4) is 0 Å². The number of aromatic amines is 1. The van der Waals surface area contributed by atoms with Crippen LogP contribution in [0, 0.1) is 6.92 Å². The third-order valence-electron chi connectivity index (χ3n) is 5.29. The minimum atomic E-state index is -4.55. The number of nitrogens with one attached hydrogen (secondary N) is 2. The highest BCUT2D eigenvalue weighted by Crippen LogP contribution is 2.31. The van der Waals surface area contributed by atoms with Gasteiger partial charge in [-0.3, -0.25) is 4.79 Å². The van der Waals surface area contributed by atoms with E-state index in [-0.39, 0.29) is 23.7 Å². The number of para-hydroxylation sites is 1. The molecule has 2 aromatic carbocycles. The van der Waals surface area contributed by atoms with Gasteiger partial charge in [0.15, 0.2) is 0 Å². The maximum absolute atomic E-state index is 12.9. The summed E-state index contributed by atoms with van der Waals surface area (Å²) in [7, 11) is 0. The summed E-state index contributed by atoms with van der Waals surface area (Å²) in [6, 6.07) is 19.7. The number of carbonyl (C=O) groups excluding carboxylic acids is 1. The van der Waals surface area contributed by atoms with Crippen LogP contribution in [0.4, 0.5) is 13.2 Å². The van der Waals surface area contributed by atoms with E-state index in [1.807, 2.05) is 60.8 Å². The number of nitrogens with zero attached hydrogens (tertiary/aromatic N) is 1. The number of alkyl halides is 3. The van der Waals surface area contributed by atoms with Gasteiger partial charge in [0.2, 0.25) is 0 Å². The Morgan fingerprint density at radius 3 is 2.45 bits per heavy atom. The molecule has 2 N–H and O–H groups in total. The van der Waals surface area contributed by atoms with Gasteiger partial charge in [0.25, 0.3) is 5.91 Å². The quantitative estimate of drug-likeness (QED) is 0.448. The van der Waals surface area contributed by atoms with Crippen LogP contribution in [0.5, 0.6) is 0 Å². The molecule has 0 radical (unpaired) electrons. The lowest BCUT2D eigenvalue weighted by molar-refractivity contribution is -0.141. The molecular formula is C24H20F3N3O. The molecule has 1 atom stereocenters. The second-order valence-electron chi connectivity index (χ2n) is 7.29. The van der Waals surface area contributed by atoms with Gasteiger partial charge in [0.1, 0.15) is 5.69 Å². The summed E-state index contributed by atoms with van der Waals surface area (Å²) in [6.45, 7) is 1.68. The first-order valence-corrected chi connectivity index (χ1v) is 9.78. The second kappa shape index (κ2) is 8.26. The van der Waals surface area contributed by atoms with Crippen LogP contribution in [0.25, 0.3) is 10.9 Å². The topological polar surface area (TPSA) is 57.8 Å². The number of benzene rings is 2. The van der Waals surface area contributed by atoms with Gasteiger partial charge in [0, 0.05) is 29.6 Å². The molecule has 4 nitrogen and oxygen atoms in total. The van der Waals surface area contributed by atoms with Crippen LogP contribution >= 0.6 is 0 Å². The van der Waals surface area contributed by atoms with Crippen LogP contribution in [0.3, 0.4) is 0 Å². The number of hydrogen-bond acceptors (Lipinski definition) is 2. The lowest BCUT2D eigenvalue weighted by Gasteiger charge is -2.19. The van der Waals surface area contributed by atoms with Crippen molar-refractivity contribution in [3.63, 3.8) is 0 Å². The van der Waals surface area contributed by atoms with Crippen molar-refractivity contribution in [3.05, 3.63) is 101 Å². The first-order chi connectivity index (χ1) is 14.8. The van der Waals surface area contributed by atoms with Gasteiger partial charge in [0.05, 0.1) is 11.3 Å². The van der Waals surface area contributed by atoms with E-state index in [4.69, 9.17) is 0 Å². The predicted octanol–water partition coefficient (Wildman–Crippen LogP) is 5.45. The Balaban J connectivity index is 1.61. The molecule has 4 aromatic rings. The summed E-state index contributed by atoms with van der Waals surface area (Å²) in [6.07, 6.45) is -2.62. The molecule has 0 spiro atoms. The number of aromatic nitrogens is 2. The molecule has 0 saturated heterocycles. The second-order valence-corrected chi connectivity index (χ2v) is 7.29. The first kappa shape index (κ1) is 20.7. The molecule has 158 valence electrons. The van der Waals surface area contributed by atoms with Crippen molar-refractivity contribution in [1.29, 1.82) is 0 Å². The average molecular weight is 423 g/mol. The van der Waals surface area contributed by atoms with Gasteiger partial charge in [-0.05, 0) is 36.2 Å². The number of H-pyrrole nitrogens is 1. The molecule has 0 aliphatic heterocycles. The lowest BCUT2D eigenvalue weighted by atomic mass is 9.91. The summed E-state index contributed by atoms with van der Waals surface area (Å²) in [5.41, 5.74) is 2.20. The van der Waals surface area contributed by atoms with Crippen molar-refractivity contribution in [1.82, 2.24) is 15.3 Å². The van der Waals surface area contributed by atoms with Crippen molar-refractivity contribution < 1.29 is 18.0 Å². The average Bonchev–Trinajstić information content (AvgIpc) is 3.18. The number of carbonyl (C=O) groups is 1. The highest BCUT2D eigenvalue weighted by atomic mass is 19.4. The van der Waals surface area contributed by atoms with Crippen LogP contribution in [0.2, 0.25) is 0 Å². The van der Waals surface area contributed by atoms with E-state index in [0.29, 0.717) is 0 Å². The molecule has 1 amide bonds. The number of fused-ring (bicyclic) bond motifs is 1. The molecule has 31 heavy (non-hydrogen) atoms. The monoisotopic (exact) mass is 423 g/mol. The van der Waals surface area contributed by atoms with Crippen LogP contribution < -0.4 is 5.32 Å². The highest BCUT2D eigenvalue weighted by Gasteiger charge is 2.33. The van der Waals surface area contributed by atoms with Gasteiger partial charge in [-0.15, -0.1) is 0 Å². The number of aryl methyl sites for hydroxylation is 1. The van der Waals surface area contributed by atoms with Gasteiger partial charge in [-0.2, -0.15) is 13.2 Å². The Labute approximate surface area is 177 Å². The van der Waals surface area contributed by atoms with E-state index in [1.165, 1.54) is 13.0 Å². The van der Waals surface area contributed by atoms with Crippen molar-refractivity contribution in [2.24, 2.45) is 0 Å². The summed E-state index contributed by atoms with van der Waals surface area (Å²) < 4.78 is 38.6. The normalized spacial score (nSPS) is 12.6. The zero-order valence-corrected chi connectivity index (χ0v) is 16.7. The molecule has 0 bridgehead atoms. The largest absolute Gasteiger partial charge is 0.433 e. The van der Waals surface area contributed by atoms with Crippen molar-refractivity contribution >= 4 is 16.8 Å². The minimum Gasteiger partial charge on any atom is -0.361 e. The van der Waals surface area contributed by atoms with Crippen molar-refractivity contribution in [2.45, 2.75) is 19.0 Å². The van der Waals surface area contributed by atoms with Crippen molar-refractivity contribution in [2.75, 3.05) is 6.54 Å². The molecule has 4 rings (SSSR count). The van der Waals surface area contributed by atoms with E-state index >= 15 is 0 Å². The fraction of sp³-hybridized carbons (Fsp3) is 0.167. The molecule has 2 aromatic heterocycles. The summed E-state index contributed by atoms with van der Waals surface area (Å²) in [5, 5.41) is 3.93. The number of halogens is 3. The summed E-state index contributed by atoms with van der Waals surface area (Å²) >= 11 is 0. The number of amides is 1. The van der Waals surface area contributed by atoms with Gasteiger partial charge in [-0.1, -0.05) is 48.5 Å². The van der Waals surface area contributed by atoms with Crippen LogP contribution in [-0.4, -0.2) is 22.4 Å². The van der Waals surface area contributed by atoms with E-state index < -0.39 is 17.8 Å². The zero-order chi connectivity index (χ0) is 22.0. The molecule has 0 fully saturated rings. The third-order valence-corrected chi connectivity index (χ3v) is 5.29. The molecule has 0 saturated carbocycles. The first-order valence-electron chi connectivity index (χ1n) is 9.78. The number of rotatable bonds is 5. The van der Waals surface area contributed by atoms with Crippen LogP contribution in [0.15, 0.2) is 72.9 Å².